The van der Waals surface area contributed by atoms with E-state index in [1.165, 1.54) is 7.05 Å². The van der Waals surface area contributed by atoms with Crippen molar-refractivity contribution >= 4 is 5.91 Å². The molecule has 0 bridgehead atoms. The molecule has 0 aliphatic rings. The van der Waals surface area contributed by atoms with E-state index in [2.05, 4.69) is 25.5 Å². The fourth-order valence-electron chi connectivity index (χ4n) is 2.36. The minimum Gasteiger partial charge on any atom is -0.339 e. The Morgan fingerprint density at radius 1 is 1.33 bits per heavy atom. The summed E-state index contributed by atoms with van der Waals surface area (Å²) in [7, 11) is 1.26. The number of carbonyl (C=O) groups excluding carboxylic acids is 1. The average Bonchev–Trinajstić information content (AvgIpc) is 3.21. The first kappa shape index (κ1) is 18.5. The lowest BCUT2D eigenvalue weighted by atomic mass is 10.2. The van der Waals surface area contributed by atoms with Gasteiger partial charge in [-0.3, -0.25) is 14.5 Å². The maximum Gasteiger partial charge on any atom is 0.435 e. The molecule has 0 fully saturated rings. The van der Waals surface area contributed by atoms with Gasteiger partial charge in [0.25, 0.3) is 5.91 Å². The van der Waals surface area contributed by atoms with Crippen LogP contribution in [0.5, 0.6) is 0 Å². The van der Waals surface area contributed by atoms with E-state index in [1.807, 2.05) is 6.92 Å². The largest absolute Gasteiger partial charge is 0.435 e. The van der Waals surface area contributed by atoms with E-state index >= 15 is 0 Å². The van der Waals surface area contributed by atoms with Crippen LogP contribution >= 0.6 is 0 Å². The van der Waals surface area contributed by atoms with Gasteiger partial charge in [-0.15, -0.1) is 0 Å². The van der Waals surface area contributed by atoms with Gasteiger partial charge in [0, 0.05) is 30.6 Å². The molecule has 11 heteroatoms. The quantitative estimate of drug-likeness (QED) is 0.747. The van der Waals surface area contributed by atoms with Crippen LogP contribution in [0.15, 0.2) is 28.9 Å². The summed E-state index contributed by atoms with van der Waals surface area (Å²) >= 11 is 0. The second-order valence-electron chi connectivity index (χ2n) is 5.87. The smallest absolute Gasteiger partial charge is 0.339 e. The Bertz CT molecular complexity index is 979. The zero-order chi connectivity index (χ0) is 19.8. The molecule has 0 saturated carbocycles. The fourth-order valence-corrected chi connectivity index (χ4v) is 2.36. The molecule has 0 saturated heterocycles. The first-order chi connectivity index (χ1) is 12.6. The number of amides is 1. The highest BCUT2D eigenvalue weighted by atomic mass is 19.4. The summed E-state index contributed by atoms with van der Waals surface area (Å²) in [5, 5.41) is 9.68. The molecule has 3 rings (SSSR count). The molecule has 27 heavy (non-hydrogen) atoms. The molecule has 0 spiro atoms. The Balaban J connectivity index is 1.75. The van der Waals surface area contributed by atoms with Crippen LogP contribution in [0.25, 0.3) is 11.4 Å². The number of pyridine rings is 1. The molecule has 142 valence electrons. The minimum absolute atomic E-state index is 0.117. The second-order valence-corrected chi connectivity index (χ2v) is 5.87. The molecule has 0 unspecified atom stereocenters. The SMILES string of the molecule is Cc1cc(-c2noc([C@H](C)NC(=O)c3cc(C(F)(F)F)nn3C)n2)ccn1. The standard InChI is InChI=1S/C16H15F3N6O2/c1-8-6-10(4-5-20-8)13-22-15(27-24-13)9(2)21-14(26)11-7-12(16(17,18)19)23-25(11)3/h4-7,9H,1-3H3,(H,21,26)/t9-/m0/s1. The van der Waals surface area contributed by atoms with Crippen LogP contribution in [0.4, 0.5) is 13.2 Å². The third-order valence-electron chi connectivity index (χ3n) is 3.72. The number of aryl methyl sites for hydroxylation is 2. The first-order valence-corrected chi connectivity index (χ1v) is 7.84. The Morgan fingerprint density at radius 3 is 2.70 bits per heavy atom. The van der Waals surface area contributed by atoms with Crippen molar-refractivity contribution in [1.82, 2.24) is 30.2 Å². The number of rotatable bonds is 4. The van der Waals surface area contributed by atoms with E-state index in [0.717, 1.165) is 10.4 Å². The van der Waals surface area contributed by atoms with Gasteiger partial charge >= 0.3 is 6.18 Å². The topological polar surface area (TPSA) is 98.7 Å². The van der Waals surface area contributed by atoms with Crippen LogP contribution in [0, 0.1) is 6.92 Å². The van der Waals surface area contributed by atoms with Gasteiger partial charge in [0.2, 0.25) is 11.7 Å². The van der Waals surface area contributed by atoms with Gasteiger partial charge in [-0.25, -0.2) is 0 Å². The van der Waals surface area contributed by atoms with Crippen molar-refractivity contribution in [3.8, 4) is 11.4 Å². The lowest BCUT2D eigenvalue weighted by molar-refractivity contribution is -0.141. The van der Waals surface area contributed by atoms with Crippen LogP contribution in [-0.4, -0.2) is 30.8 Å². The average molecular weight is 380 g/mol. The molecule has 1 N–H and O–H groups in total. The van der Waals surface area contributed by atoms with Crippen molar-refractivity contribution in [1.29, 1.82) is 0 Å². The predicted octanol–water partition coefficient (Wildman–Crippen LogP) is 2.68. The molecule has 3 aromatic rings. The summed E-state index contributed by atoms with van der Waals surface area (Å²) in [6.45, 7) is 3.39. The number of hydrogen-bond acceptors (Lipinski definition) is 6. The molecule has 1 atom stereocenters. The Kier molecular flexibility index (Phi) is 4.68. The van der Waals surface area contributed by atoms with Crippen LogP contribution in [0.3, 0.4) is 0 Å². The van der Waals surface area contributed by atoms with Gasteiger partial charge in [-0.05, 0) is 26.0 Å². The molecule has 1 amide bonds. The van der Waals surface area contributed by atoms with Gasteiger partial charge in [-0.1, -0.05) is 5.16 Å². The predicted molar refractivity (Wildman–Crippen MR) is 86.4 cm³/mol. The van der Waals surface area contributed by atoms with Crippen molar-refractivity contribution in [3.05, 3.63) is 47.4 Å². The lowest BCUT2D eigenvalue weighted by Gasteiger charge is -2.09. The normalized spacial score (nSPS) is 12.8. The van der Waals surface area contributed by atoms with E-state index in [0.29, 0.717) is 17.5 Å². The number of hydrogen-bond donors (Lipinski definition) is 1. The summed E-state index contributed by atoms with van der Waals surface area (Å²) in [5.74, 6) is -0.310. The summed E-state index contributed by atoms with van der Waals surface area (Å²) in [5.41, 5.74) is 0.0870. The van der Waals surface area contributed by atoms with Gasteiger partial charge in [0.05, 0.1) is 0 Å². The van der Waals surface area contributed by atoms with Gasteiger partial charge < -0.3 is 9.84 Å². The van der Waals surface area contributed by atoms with Crippen LogP contribution in [0.1, 0.15) is 40.7 Å². The number of aromatic nitrogens is 5. The highest BCUT2D eigenvalue weighted by Crippen LogP contribution is 2.28. The molecule has 3 aromatic heterocycles. The van der Waals surface area contributed by atoms with Crippen molar-refractivity contribution in [2.75, 3.05) is 0 Å². The van der Waals surface area contributed by atoms with Crippen molar-refractivity contribution in [2.24, 2.45) is 7.05 Å². The zero-order valence-corrected chi connectivity index (χ0v) is 14.6. The van der Waals surface area contributed by atoms with Gasteiger partial charge in [0.15, 0.2) is 5.69 Å². The Morgan fingerprint density at radius 2 is 2.07 bits per heavy atom. The summed E-state index contributed by atoms with van der Waals surface area (Å²) < 4.78 is 44.2. The molecule has 0 aliphatic heterocycles. The fraction of sp³-hybridized carbons (Fsp3) is 0.312. The minimum atomic E-state index is -4.63. The number of nitrogens with one attached hydrogen (secondary N) is 1. The zero-order valence-electron chi connectivity index (χ0n) is 14.6. The molecular formula is C16H15F3N6O2. The highest BCUT2D eigenvalue weighted by Gasteiger charge is 2.35. The van der Waals surface area contributed by atoms with E-state index < -0.39 is 23.8 Å². The summed E-state index contributed by atoms with van der Waals surface area (Å²) in [4.78, 5) is 20.6. The van der Waals surface area contributed by atoms with Crippen LogP contribution < -0.4 is 5.32 Å². The van der Waals surface area contributed by atoms with E-state index in [4.69, 9.17) is 4.52 Å². The molecule has 0 aliphatic carbocycles. The van der Waals surface area contributed by atoms with E-state index in [-0.39, 0.29) is 11.6 Å². The van der Waals surface area contributed by atoms with Gasteiger partial charge in [0.1, 0.15) is 11.7 Å². The summed E-state index contributed by atoms with van der Waals surface area (Å²) in [6, 6.07) is 3.44. The van der Waals surface area contributed by atoms with E-state index in [1.54, 1.807) is 25.3 Å². The molecule has 0 radical (unpaired) electrons. The number of nitrogens with zero attached hydrogens (tertiary/aromatic N) is 5. The summed E-state index contributed by atoms with van der Waals surface area (Å²) in [6.07, 6.45) is -3.03. The number of carbonyl (C=O) groups is 1. The number of alkyl halides is 3. The lowest BCUT2D eigenvalue weighted by Crippen LogP contribution is -2.28. The second kappa shape index (κ2) is 6.82. The molecule has 8 nitrogen and oxygen atoms in total. The van der Waals surface area contributed by atoms with Crippen molar-refractivity contribution < 1.29 is 22.5 Å². The van der Waals surface area contributed by atoms with Crippen molar-refractivity contribution in [2.45, 2.75) is 26.1 Å². The maximum atomic E-state index is 12.7. The molecular weight excluding hydrogens is 365 g/mol. The maximum absolute atomic E-state index is 12.7. The molecule has 0 aromatic carbocycles. The Labute approximate surface area is 151 Å². The monoisotopic (exact) mass is 380 g/mol. The van der Waals surface area contributed by atoms with E-state index in [9.17, 15) is 18.0 Å². The number of halogens is 3. The molecule has 3 heterocycles. The Hall–Kier alpha value is -3.24. The van der Waals surface area contributed by atoms with Crippen LogP contribution in [0.2, 0.25) is 0 Å². The first-order valence-electron chi connectivity index (χ1n) is 7.84. The third kappa shape index (κ3) is 3.96. The third-order valence-corrected chi connectivity index (χ3v) is 3.72. The highest BCUT2D eigenvalue weighted by molar-refractivity contribution is 5.92. The van der Waals surface area contributed by atoms with Crippen LogP contribution in [-0.2, 0) is 13.2 Å². The van der Waals surface area contributed by atoms with Gasteiger partial charge in [-0.2, -0.15) is 23.3 Å². The van der Waals surface area contributed by atoms with Crippen molar-refractivity contribution in [3.63, 3.8) is 0 Å².